The minimum atomic E-state index is 1.13. The van der Waals surface area contributed by atoms with Crippen LogP contribution in [0.2, 0.25) is 0 Å². The second kappa shape index (κ2) is 9.66. The SMILES string of the molecule is c1ccc(-c2ccc(N(c3ccc4ccccc4c3)c3cc4c5ccccc5ccc4c4ccccc34)cc2)cc1. The van der Waals surface area contributed by atoms with E-state index in [9.17, 15) is 0 Å². The van der Waals surface area contributed by atoms with Crippen molar-refractivity contribution < 1.29 is 0 Å². The maximum Gasteiger partial charge on any atom is 0.0546 e. The van der Waals surface area contributed by atoms with Gasteiger partial charge in [-0.3, -0.25) is 0 Å². The van der Waals surface area contributed by atoms with Crippen molar-refractivity contribution in [2.75, 3.05) is 4.90 Å². The molecule has 0 unspecified atom stereocenters. The molecule has 0 aliphatic carbocycles. The van der Waals surface area contributed by atoms with Crippen molar-refractivity contribution in [2.24, 2.45) is 0 Å². The van der Waals surface area contributed by atoms with Crippen molar-refractivity contribution in [3.63, 3.8) is 0 Å². The Morgan fingerprint density at radius 2 is 0.854 bits per heavy atom. The van der Waals surface area contributed by atoms with Crippen LogP contribution in [-0.4, -0.2) is 0 Å². The molecule has 8 aromatic rings. The van der Waals surface area contributed by atoms with E-state index in [4.69, 9.17) is 0 Å². The number of fused-ring (bicyclic) bond motifs is 6. The van der Waals surface area contributed by atoms with Crippen LogP contribution in [0.15, 0.2) is 164 Å². The summed E-state index contributed by atoms with van der Waals surface area (Å²) in [6, 6.07) is 59.3. The third kappa shape index (κ3) is 4.02. The van der Waals surface area contributed by atoms with Gasteiger partial charge in [-0.2, -0.15) is 0 Å². The van der Waals surface area contributed by atoms with Crippen molar-refractivity contribution >= 4 is 60.2 Å². The van der Waals surface area contributed by atoms with Crippen LogP contribution in [0.1, 0.15) is 0 Å². The van der Waals surface area contributed by atoms with Crippen molar-refractivity contribution in [1.82, 2.24) is 0 Å². The summed E-state index contributed by atoms with van der Waals surface area (Å²) < 4.78 is 0. The van der Waals surface area contributed by atoms with Gasteiger partial charge in [0.2, 0.25) is 0 Å². The quantitative estimate of drug-likeness (QED) is 0.208. The van der Waals surface area contributed by atoms with Crippen LogP contribution in [0.3, 0.4) is 0 Å². The largest absolute Gasteiger partial charge is 0.310 e. The second-order valence-electron chi connectivity index (χ2n) is 10.6. The first-order valence-corrected chi connectivity index (χ1v) is 14.1. The lowest BCUT2D eigenvalue weighted by Gasteiger charge is -2.28. The van der Waals surface area contributed by atoms with Crippen LogP contribution >= 0.6 is 0 Å². The summed E-state index contributed by atoms with van der Waals surface area (Å²) in [5.74, 6) is 0. The Morgan fingerprint density at radius 3 is 1.66 bits per heavy atom. The average Bonchev–Trinajstić information content (AvgIpc) is 3.05. The van der Waals surface area contributed by atoms with Gasteiger partial charge >= 0.3 is 0 Å². The number of hydrogen-bond acceptors (Lipinski definition) is 1. The lowest BCUT2D eigenvalue weighted by Crippen LogP contribution is -2.10. The van der Waals surface area contributed by atoms with Crippen molar-refractivity contribution in [1.29, 1.82) is 0 Å². The summed E-state index contributed by atoms with van der Waals surface area (Å²) >= 11 is 0. The molecule has 0 spiro atoms. The first kappa shape index (κ1) is 23.5. The van der Waals surface area contributed by atoms with Gasteiger partial charge < -0.3 is 4.90 Å². The Bertz CT molecular complexity index is 2190. The number of rotatable bonds is 4. The molecule has 0 atom stereocenters. The fraction of sp³-hybridized carbons (Fsp3) is 0. The van der Waals surface area contributed by atoms with E-state index in [2.05, 4.69) is 169 Å². The van der Waals surface area contributed by atoms with Crippen LogP contribution in [0.5, 0.6) is 0 Å². The zero-order valence-corrected chi connectivity index (χ0v) is 22.5. The summed E-state index contributed by atoms with van der Waals surface area (Å²) in [5, 5.41) is 10.0. The predicted octanol–water partition coefficient (Wildman–Crippen LogP) is 11.4. The van der Waals surface area contributed by atoms with E-state index in [-0.39, 0.29) is 0 Å². The van der Waals surface area contributed by atoms with Crippen LogP contribution in [-0.2, 0) is 0 Å². The van der Waals surface area contributed by atoms with E-state index in [1.807, 2.05) is 0 Å². The molecule has 0 heterocycles. The zero-order valence-electron chi connectivity index (χ0n) is 22.5. The molecule has 0 saturated heterocycles. The smallest absolute Gasteiger partial charge is 0.0546 e. The zero-order chi connectivity index (χ0) is 27.2. The molecule has 1 heteroatoms. The molecule has 0 fully saturated rings. The first-order valence-electron chi connectivity index (χ1n) is 14.1. The highest BCUT2D eigenvalue weighted by Gasteiger charge is 2.18. The van der Waals surface area contributed by atoms with Gasteiger partial charge in [0.25, 0.3) is 0 Å². The van der Waals surface area contributed by atoms with Gasteiger partial charge in [0, 0.05) is 16.8 Å². The standard InChI is InChI=1S/C40H27N/c1-2-10-28(11-3-1)30-18-22-33(23-19-30)41(34-24-20-29-12-4-5-14-32(29)26-34)40-27-39-35-15-7-6-13-31(35)21-25-37(39)36-16-8-9-17-38(36)40/h1-27H. The van der Waals surface area contributed by atoms with Crippen LogP contribution in [0, 0.1) is 0 Å². The van der Waals surface area contributed by atoms with E-state index in [0.29, 0.717) is 0 Å². The average molecular weight is 522 g/mol. The summed E-state index contributed by atoms with van der Waals surface area (Å²) in [6.07, 6.45) is 0. The molecular formula is C40H27N. The van der Waals surface area contributed by atoms with Gasteiger partial charge in [-0.15, -0.1) is 0 Å². The minimum Gasteiger partial charge on any atom is -0.310 e. The van der Waals surface area contributed by atoms with Crippen molar-refractivity contribution in [3.05, 3.63) is 164 Å². The number of benzene rings is 8. The predicted molar refractivity (Wildman–Crippen MR) is 177 cm³/mol. The maximum absolute atomic E-state index is 2.42. The van der Waals surface area contributed by atoms with E-state index >= 15 is 0 Å². The summed E-state index contributed by atoms with van der Waals surface area (Å²) in [6.45, 7) is 0. The fourth-order valence-electron chi connectivity index (χ4n) is 6.20. The Balaban J connectivity index is 1.42. The molecule has 8 aromatic carbocycles. The lowest BCUT2D eigenvalue weighted by molar-refractivity contribution is 1.31. The molecular weight excluding hydrogens is 494 g/mol. The third-order valence-electron chi connectivity index (χ3n) is 8.21. The van der Waals surface area contributed by atoms with Crippen molar-refractivity contribution in [2.45, 2.75) is 0 Å². The molecule has 0 aliphatic rings. The van der Waals surface area contributed by atoms with Gasteiger partial charge in [0.05, 0.1) is 5.69 Å². The highest BCUT2D eigenvalue weighted by Crippen LogP contribution is 2.44. The molecule has 0 amide bonds. The minimum absolute atomic E-state index is 1.13. The summed E-state index contributed by atoms with van der Waals surface area (Å²) in [5.41, 5.74) is 5.87. The van der Waals surface area contributed by atoms with E-state index < -0.39 is 0 Å². The molecule has 0 aliphatic heterocycles. The lowest BCUT2D eigenvalue weighted by atomic mass is 9.95. The van der Waals surface area contributed by atoms with Crippen LogP contribution in [0.4, 0.5) is 17.1 Å². The molecule has 0 radical (unpaired) electrons. The van der Waals surface area contributed by atoms with Gasteiger partial charge in [-0.05, 0) is 79.2 Å². The molecule has 0 bridgehead atoms. The molecule has 0 N–H and O–H groups in total. The summed E-state index contributed by atoms with van der Waals surface area (Å²) in [7, 11) is 0. The normalized spacial score (nSPS) is 11.4. The Labute approximate surface area is 239 Å². The van der Waals surface area contributed by atoms with E-state index in [0.717, 1.165) is 11.4 Å². The highest BCUT2D eigenvalue weighted by molar-refractivity contribution is 6.21. The Morgan fingerprint density at radius 1 is 0.293 bits per heavy atom. The third-order valence-corrected chi connectivity index (χ3v) is 8.21. The molecule has 0 aromatic heterocycles. The molecule has 8 rings (SSSR count). The Hall–Kier alpha value is -5.40. The maximum atomic E-state index is 2.42. The molecule has 192 valence electrons. The van der Waals surface area contributed by atoms with E-state index in [1.165, 1.54) is 59.9 Å². The number of anilines is 3. The topological polar surface area (TPSA) is 3.24 Å². The highest BCUT2D eigenvalue weighted by atomic mass is 15.1. The fourth-order valence-corrected chi connectivity index (χ4v) is 6.20. The van der Waals surface area contributed by atoms with Gasteiger partial charge in [0.1, 0.15) is 0 Å². The second-order valence-corrected chi connectivity index (χ2v) is 10.6. The number of nitrogens with zero attached hydrogens (tertiary/aromatic N) is 1. The van der Waals surface area contributed by atoms with Crippen LogP contribution < -0.4 is 4.90 Å². The van der Waals surface area contributed by atoms with Gasteiger partial charge in [0.15, 0.2) is 0 Å². The molecule has 41 heavy (non-hydrogen) atoms. The van der Waals surface area contributed by atoms with Gasteiger partial charge in [-0.1, -0.05) is 133 Å². The van der Waals surface area contributed by atoms with Crippen molar-refractivity contribution in [3.8, 4) is 11.1 Å². The summed E-state index contributed by atoms with van der Waals surface area (Å²) in [4.78, 5) is 2.42. The van der Waals surface area contributed by atoms with E-state index in [1.54, 1.807) is 0 Å². The Kier molecular flexibility index (Phi) is 5.53. The molecule has 1 nitrogen and oxygen atoms in total. The number of hydrogen-bond donors (Lipinski definition) is 0. The molecule has 0 saturated carbocycles. The first-order chi connectivity index (χ1) is 20.3. The monoisotopic (exact) mass is 521 g/mol. The van der Waals surface area contributed by atoms with Crippen LogP contribution in [0.25, 0.3) is 54.2 Å². The van der Waals surface area contributed by atoms with Gasteiger partial charge in [-0.25, -0.2) is 0 Å².